The lowest BCUT2D eigenvalue weighted by Gasteiger charge is -2.37. The van der Waals surface area contributed by atoms with E-state index in [4.69, 9.17) is 18.9 Å². The Balaban J connectivity index is 1.61. The van der Waals surface area contributed by atoms with Gasteiger partial charge in [0.15, 0.2) is 11.5 Å². The molecule has 3 aromatic rings. The van der Waals surface area contributed by atoms with E-state index in [1.807, 2.05) is 53.4 Å². The van der Waals surface area contributed by atoms with Gasteiger partial charge in [-0.25, -0.2) is 0 Å². The van der Waals surface area contributed by atoms with E-state index in [0.29, 0.717) is 37.0 Å². The summed E-state index contributed by atoms with van der Waals surface area (Å²) in [7, 11) is 4.90. The van der Waals surface area contributed by atoms with Gasteiger partial charge in [-0.1, -0.05) is 38.1 Å². The van der Waals surface area contributed by atoms with Gasteiger partial charge in [0, 0.05) is 6.54 Å². The normalized spacial score (nSPS) is 14.8. The summed E-state index contributed by atoms with van der Waals surface area (Å²) < 4.78 is 22.6. The van der Waals surface area contributed by atoms with Gasteiger partial charge < -0.3 is 23.8 Å². The fourth-order valence-corrected chi connectivity index (χ4v) is 4.65. The van der Waals surface area contributed by atoms with Crippen LogP contribution in [-0.4, -0.2) is 45.3 Å². The van der Waals surface area contributed by atoms with Crippen LogP contribution in [0.15, 0.2) is 60.7 Å². The summed E-state index contributed by atoms with van der Waals surface area (Å²) in [5, 5.41) is 0. The molecule has 0 fully saturated rings. The molecule has 1 amide bonds. The van der Waals surface area contributed by atoms with Crippen LogP contribution in [0.25, 0.3) is 0 Å². The fourth-order valence-electron chi connectivity index (χ4n) is 4.65. The minimum atomic E-state index is -0.246. The van der Waals surface area contributed by atoms with E-state index >= 15 is 0 Å². The third kappa shape index (κ3) is 5.59. The first kappa shape index (κ1) is 25.4. The number of hydrogen-bond acceptors (Lipinski definition) is 5. The van der Waals surface area contributed by atoms with Gasteiger partial charge in [-0.15, -0.1) is 0 Å². The summed E-state index contributed by atoms with van der Waals surface area (Å²) in [6.07, 6.45) is 1.05. The minimum Gasteiger partial charge on any atom is -0.497 e. The van der Waals surface area contributed by atoms with Gasteiger partial charge in [0.25, 0.3) is 0 Å². The Bertz CT molecular complexity index is 1170. The average Bonchev–Trinajstić information content (AvgIpc) is 2.91. The van der Waals surface area contributed by atoms with Crippen molar-refractivity contribution in [2.45, 2.75) is 38.6 Å². The average molecular weight is 490 g/mol. The number of ether oxygens (including phenoxy) is 4. The van der Waals surface area contributed by atoms with Crippen molar-refractivity contribution in [1.82, 2.24) is 4.90 Å². The van der Waals surface area contributed by atoms with Crippen LogP contribution in [0, 0.1) is 0 Å². The lowest BCUT2D eigenvalue weighted by atomic mass is 9.91. The van der Waals surface area contributed by atoms with Crippen LogP contribution in [0.2, 0.25) is 0 Å². The monoisotopic (exact) mass is 489 g/mol. The van der Waals surface area contributed by atoms with E-state index in [1.54, 1.807) is 21.3 Å². The summed E-state index contributed by atoms with van der Waals surface area (Å²) in [5.41, 5.74) is 4.38. The van der Waals surface area contributed by atoms with Crippen LogP contribution in [0.4, 0.5) is 0 Å². The Morgan fingerprint density at radius 2 is 1.53 bits per heavy atom. The Morgan fingerprint density at radius 3 is 2.14 bits per heavy atom. The minimum absolute atomic E-state index is 0.0596. The first-order valence-corrected chi connectivity index (χ1v) is 12.3. The molecule has 0 bridgehead atoms. The number of methoxy groups -OCH3 is 3. The summed E-state index contributed by atoms with van der Waals surface area (Å²) in [6.45, 7) is 5.29. The maximum absolute atomic E-state index is 13.5. The third-order valence-electron chi connectivity index (χ3n) is 6.79. The molecule has 4 rings (SSSR count). The second-order valence-electron chi connectivity index (χ2n) is 9.32. The van der Waals surface area contributed by atoms with Crippen molar-refractivity contribution >= 4 is 5.91 Å². The van der Waals surface area contributed by atoms with Crippen molar-refractivity contribution in [3.8, 4) is 23.0 Å². The molecule has 0 saturated heterocycles. The highest BCUT2D eigenvalue weighted by atomic mass is 16.5. The standard InChI is InChI=1S/C30H35NO5/c1-20(2)22-8-12-25(13-9-22)36-19-27-26-18-29(35-5)28(34-4)17-23(26)14-15-31(27)30(32)16-21-6-10-24(33-3)11-7-21/h6-13,17-18,20,27H,14-16,19H2,1-5H3/t27-/m1/s1. The number of rotatable bonds is 9. The quantitative estimate of drug-likeness (QED) is 0.393. The molecule has 0 radical (unpaired) electrons. The maximum atomic E-state index is 13.5. The fraction of sp³-hybridized carbons (Fsp3) is 0.367. The van der Waals surface area contributed by atoms with Crippen molar-refractivity contribution in [3.63, 3.8) is 0 Å². The number of carbonyl (C=O) groups is 1. The van der Waals surface area contributed by atoms with E-state index in [2.05, 4.69) is 26.0 Å². The van der Waals surface area contributed by atoms with E-state index < -0.39 is 0 Å². The van der Waals surface area contributed by atoms with Crippen molar-refractivity contribution in [2.75, 3.05) is 34.5 Å². The van der Waals surface area contributed by atoms with Gasteiger partial charge in [0.2, 0.25) is 5.91 Å². The zero-order chi connectivity index (χ0) is 25.7. The molecule has 1 atom stereocenters. The molecule has 6 heteroatoms. The second-order valence-corrected chi connectivity index (χ2v) is 9.32. The number of hydrogen-bond donors (Lipinski definition) is 0. The molecule has 0 N–H and O–H groups in total. The molecule has 0 spiro atoms. The summed E-state index contributed by atoms with van der Waals surface area (Å²) >= 11 is 0. The van der Waals surface area contributed by atoms with E-state index in [1.165, 1.54) is 5.56 Å². The molecular formula is C30H35NO5. The Morgan fingerprint density at radius 1 is 0.889 bits per heavy atom. The highest BCUT2D eigenvalue weighted by molar-refractivity contribution is 5.80. The Labute approximate surface area is 213 Å². The molecule has 1 aliphatic rings. The molecular weight excluding hydrogens is 454 g/mol. The third-order valence-corrected chi connectivity index (χ3v) is 6.79. The Hall–Kier alpha value is -3.67. The van der Waals surface area contributed by atoms with Crippen LogP contribution in [0.5, 0.6) is 23.0 Å². The molecule has 0 aromatic heterocycles. The Kier molecular flexibility index (Phi) is 8.04. The molecule has 0 unspecified atom stereocenters. The van der Waals surface area contributed by atoms with Crippen molar-refractivity contribution in [3.05, 3.63) is 82.9 Å². The number of amides is 1. The lowest BCUT2D eigenvalue weighted by Crippen LogP contribution is -2.43. The summed E-state index contributed by atoms with van der Waals surface area (Å²) in [4.78, 5) is 15.5. The number of fused-ring (bicyclic) bond motifs is 1. The first-order chi connectivity index (χ1) is 17.4. The molecule has 190 valence electrons. The van der Waals surface area contributed by atoms with Gasteiger partial charge in [0.1, 0.15) is 18.1 Å². The molecule has 0 aliphatic carbocycles. The van der Waals surface area contributed by atoms with Crippen molar-refractivity contribution in [1.29, 1.82) is 0 Å². The highest BCUT2D eigenvalue weighted by Gasteiger charge is 2.33. The van der Waals surface area contributed by atoms with E-state index in [-0.39, 0.29) is 11.9 Å². The maximum Gasteiger partial charge on any atom is 0.227 e. The van der Waals surface area contributed by atoms with Crippen LogP contribution in [-0.2, 0) is 17.6 Å². The van der Waals surface area contributed by atoms with Crippen molar-refractivity contribution < 1.29 is 23.7 Å². The van der Waals surface area contributed by atoms with Gasteiger partial charge in [-0.2, -0.15) is 0 Å². The summed E-state index contributed by atoms with van der Waals surface area (Å²) in [6, 6.07) is 19.6. The molecule has 1 heterocycles. The van der Waals surface area contributed by atoms with Crippen LogP contribution >= 0.6 is 0 Å². The SMILES string of the molecule is COc1ccc(CC(=O)N2CCc3cc(OC)c(OC)cc3[C@H]2COc2ccc(C(C)C)cc2)cc1. The topological polar surface area (TPSA) is 57.2 Å². The second kappa shape index (κ2) is 11.4. The molecule has 6 nitrogen and oxygen atoms in total. The first-order valence-electron chi connectivity index (χ1n) is 12.3. The van der Waals surface area contributed by atoms with Crippen LogP contribution < -0.4 is 18.9 Å². The number of nitrogens with zero attached hydrogens (tertiary/aromatic N) is 1. The van der Waals surface area contributed by atoms with E-state index in [9.17, 15) is 4.79 Å². The molecule has 0 saturated carbocycles. The summed E-state index contributed by atoms with van der Waals surface area (Å²) in [5.74, 6) is 3.41. The molecule has 36 heavy (non-hydrogen) atoms. The van der Waals surface area contributed by atoms with Gasteiger partial charge in [-0.3, -0.25) is 4.79 Å². The number of benzene rings is 3. The van der Waals surface area contributed by atoms with Gasteiger partial charge >= 0.3 is 0 Å². The van der Waals surface area contributed by atoms with E-state index in [0.717, 1.165) is 34.6 Å². The zero-order valence-corrected chi connectivity index (χ0v) is 21.7. The molecule has 3 aromatic carbocycles. The van der Waals surface area contributed by atoms with Crippen molar-refractivity contribution in [2.24, 2.45) is 0 Å². The smallest absolute Gasteiger partial charge is 0.227 e. The predicted molar refractivity (Wildman–Crippen MR) is 140 cm³/mol. The van der Waals surface area contributed by atoms with Gasteiger partial charge in [-0.05, 0) is 71.0 Å². The highest BCUT2D eigenvalue weighted by Crippen LogP contribution is 2.38. The molecule has 1 aliphatic heterocycles. The van der Waals surface area contributed by atoms with Gasteiger partial charge in [0.05, 0.1) is 33.8 Å². The predicted octanol–water partition coefficient (Wildman–Crippen LogP) is 5.58. The number of carbonyl (C=O) groups excluding carboxylic acids is 1. The zero-order valence-electron chi connectivity index (χ0n) is 21.7. The van der Waals surface area contributed by atoms with Crippen LogP contribution in [0.3, 0.4) is 0 Å². The lowest BCUT2D eigenvalue weighted by molar-refractivity contribution is -0.134. The van der Waals surface area contributed by atoms with Crippen LogP contribution in [0.1, 0.15) is 48.1 Å². The largest absolute Gasteiger partial charge is 0.497 e.